The molecule has 0 bridgehead atoms. The zero-order valence-corrected chi connectivity index (χ0v) is 10.5. The lowest BCUT2D eigenvalue weighted by molar-refractivity contribution is -0.113. The Bertz CT molecular complexity index is 560. The molecule has 0 unspecified atom stereocenters. The van der Waals surface area contributed by atoms with Crippen molar-refractivity contribution in [2.75, 3.05) is 11.1 Å². The average molecular weight is 281 g/mol. The molecule has 0 fully saturated rings. The van der Waals surface area contributed by atoms with Gasteiger partial charge in [-0.05, 0) is 18.2 Å². The van der Waals surface area contributed by atoms with E-state index in [2.05, 4.69) is 15.3 Å². The lowest BCUT2D eigenvalue weighted by Crippen LogP contribution is -2.16. The molecule has 0 saturated heterocycles. The van der Waals surface area contributed by atoms with E-state index < -0.39 is 23.2 Å². The summed E-state index contributed by atoms with van der Waals surface area (Å²) >= 11 is 1.08. The van der Waals surface area contributed by atoms with E-state index in [-0.39, 0.29) is 5.75 Å². The van der Waals surface area contributed by atoms with E-state index in [0.29, 0.717) is 5.16 Å². The first-order valence-corrected chi connectivity index (χ1v) is 6.29. The second-order valence-electron chi connectivity index (χ2n) is 3.46. The third-order valence-electron chi connectivity index (χ3n) is 2.10. The topological polar surface area (TPSA) is 54.9 Å². The molecule has 1 amide bonds. The minimum atomic E-state index is -0.811. The van der Waals surface area contributed by atoms with Gasteiger partial charge in [0, 0.05) is 12.4 Å². The maximum absolute atomic E-state index is 13.3. The van der Waals surface area contributed by atoms with E-state index >= 15 is 0 Å². The SMILES string of the molecule is O=C(CSc1ncccn1)Nc1c(F)cccc1F. The van der Waals surface area contributed by atoms with Crippen LogP contribution in [0.3, 0.4) is 0 Å². The lowest BCUT2D eigenvalue weighted by Gasteiger charge is -2.06. The van der Waals surface area contributed by atoms with Gasteiger partial charge in [0.2, 0.25) is 5.91 Å². The van der Waals surface area contributed by atoms with Crippen molar-refractivity contribution < 1.29 is 13.6 Å². The zero-order chi connectivity index (χ0) is 13.7. The van der Waals surface area contributed by atoms with Crippen molar-refractivity contribution in [3.05, 3.63) is 48.3 Å². The number of aromatic nitrogens is 2. The van der Waals surface area contributed by atoms with Gasteiger partial charge in [-0.2, -0.15) is 0 Å². The van der Waals surface area contributed by atoms with Crippen molar-refractivity contribution in [1.82, 2.24) is 9.97 Å². The van der Waals surface area contributed by atoms with Crippen molar-refractivity contribution in [3.8, 4) is 0 Å². The third kappa shape index (κ3) is 3.72. The van der Waals surface area contributed by atoms with Gasteiger partial charge in [0.05, 0.1) is 5.75 Å². The lowest BCUT2D eigenvalue weighted by atomic mass is 10.3. The summed E-state index contributed by atoms with van der Waals surface area (Å²) < 4.78 is 26.6. The quantitative estimate of drug-likeness (QED) is 0.691. The van der Waals surface area contributed by atoms with Crippen LogP contribution < -0.4 is 5.32 Å². The van der Waals surface area contributed by atoms with Crippen LogP contribution in [0.5, 0.6) is 0 Å². The van der Waals surface area contributed by atoms with Crippen LogP contribution in [0.1, 0.15) is 0 Å². The van der Waals surface area contributed by atoms with E-state index in [9.17, 15) is 13.6 Å². The van der Waals surface area contributed by atoms with Crippen molar-refractivity contribution in [2.24, 2.45) is 0 Å². The van der Waals surface area contributed by atoms with Gasteiger partial charge in [0.15, 0.2) is 5.16 Å². The number of benzene rings is 1. The van der Waals surface area contributed by atoms with Gasteiger partial charge in [0.1, 0.15) is 17.3 Å². The van der Waals surface area contributed by atoms with Crippen molar-refractivity contribution in [1.29, 1.82) is 0 Å². The molecule has 98 valence electrons. The van der Waals surface area contributed by atoms with Gasteiger partial charge >= 0.3 is 0 Å². The highest BCUT2D eigenvalue weighted by atomic mass is 32.2. The zero-order valence-electron chi connectivity index (χ0n) is 9.64. The van der Waals surface area contributed by atoms with Crippen LogP contribution in [0.2, 0.25) is 0 Å². The number of carbonyl (C=O) groups excluding carboxylic acids is 1. The molecule has 0 radical (unpaired) electrons. The predicted molar refractivity (Wildman–Crippen MR) is 67.7 cm³/mol. The van der Waals surface area contributed by atoms with E-state index in [0.717, 1.165) is 23.9 Å². The molecule has 0 atom stereocenters. The maximum atomic E-state index is 13.3. The second-order valence-corrected chi connectivity index (χ2v) is 4.41. The first kappa shape index (κ1) is 13.4. The van der Waals surface area contributed by atoms with E-state index in [1.165, 1.54) is 6.07 Å². The molecular weight excluding hydrogens is 272 g/mol. The van der Waals surface area contributed by atoms with Crippen LogP contribution in [0, 0.1) is 11.6 Å². The number of amides is 1. The van der Waals surface area contributed by atoms with E-state index in [4.69, 9.17) is 0 Å². The number of rotatable bonds is 4. The second kappa shape index (κ2) is 6.24. The van der Waals surface area contributed by atoms with Crippen molar-refractivity contribution >= 4 is 23.4 Å². The summed E-state index contributed by atoms with van der Waals surface area (Å²) in [6.45, 7) is 0. The first-order chi connectivity index (χ1) is 9.16. The predicted octanol–water partition coefficient (Wildman–Crippen LogP) is 2.49. The fourth-order valence-corrected chi connectivity index (χ4v) is 1.89. The number of carbonyl (C=O) groups is 1. The molecule has 7 heteroatoms. The highest BCUT2D eigenvalue weighted by Gasteiger charge is 2.12. The Labute approximate surface area is 112 Å². The normalized spacial score (nSPS) is 10.2. The highest BCUT2D eigenvalue weighted by Crippen LogP contribution is 2.19. The Balaban J connectivity index is 1.95. The molecule has 2 rings (SSSR count). The van der Waals surface area contributed by atoms with Gasteiger partial charge in [-0.1, -0.05) is 17.8 Å². The summed E-state index contributed by atoms with van der Waals surface area (Å²) in [6.07, 6.45) is 3.09. The largest absolute Gasteiger partial charge is 0.320 e. The minimum Gasteiger partial charge on any atom is -0.320 e. The maximum Gasteiger partial charge on any atom is 0.235 e. The van der Waals surface area contributed by atoms with Crippen LogP contribution in [0.4, 0.5) is 14.5 Å². The Morgan fingerprint density at radius 1 is 1.16 bits per heavy atom. The molecule has 2 aromatic rings. The molecule has 1 aromatic heterocycles. The molecule has 1 heterocycles. The van der Waals surface area contributed by atoms with Gasteiger partial charge < -0.3 is 5.32 Å². The van der Waals surface area contributed by atoms with Crippen LogP contribution in [-0.4, -0.2) is 21.6 Å². The van der Waals surface area contributed by atoms with E-state index in [1.807, 2.05) is 0 Å². The average Bonchev–Trinajstić information content (AvgIpc) is 2.42. The molecule has 1 N–H and O–H groups in total. The fourth-order valence-electron chi connectivity index (χ4n) is 1.28. The Morgan fingerprint density at radius 2 is 1.79 bits per heavy atom. The molecule has 0 saturated carbocycles. The van der Waals surface area contributed by atoms with Crippen molar-refractivity contribution in [3.63, 3.8) is 0 Å². The van der Waals surface area contributed by atoms with Crippen LogP contribution >= 0.6 is 11.8 Å². The Hall–Kier alpha value is -2.02. The molecule has 0 aliphatic carbocycles. The number of hydrogen-bond donors (Lipinski definition) is 1. The number of thioether (sulfide) groups is 1. The summed E-state index contributed by atoms with van der Waals surface area (Å²) in [5.74, 6) is -2.18. The highest BCUT2D eigenvalue weighted by molar-refractivity contribution is 7.99. The standard InChI is InChI=1S/C12H9F2N3OS/c13-8-3-1-4-9(14)11(8)17-10(18)7-19-12-15-5-2-6-16-12/h1-6H,7H2,(H,17,18). The number of hydrogen-bond acceptors (Lipinski definition) is 4. The number of anilines is 1. The monoisotopic (exact) mass is 281 g/mol. The molecule has 4 nitrogen and oxygen atoms in total. The summed E-state index contributed by atoms with van der Waals surface area (Å²) in [5.41, 5.74) is -0.443. The first-order valence-electron chi connectivity index (χ1n) is 5.30. The van der Waals surface area contributed by atoms with Crippen LogP contribution in [-0.2, 0) is 4.79 Å². The molecule has 1 aromatic carbocycles. The van der Waals surface area contributed by atoms with Crippen molar-refractivity contribution in [2.45, 2.75) is 5.16 Å². The molecular formula is C12H9F2N3OS. The molecule has 0 aliphatic heterocycles. The summed E-state index contributed by atoms with van der Waals surface area (Å²) in [5, 5.41) is 2.61. The van der Waals surface area contributed by atoms with E-state index in [1.54, 1.807) is 18.5 Å². The Morgan fingerprint density at radius 3 is 2.42 bits per heavy atom. The number of nitrogens with zero attached hydrogens (tertiary/aromatic N) is 2. The number of para-hydroxylation sites is 1. The summed E-state index contributed by atoms with van der Waals surface area (Å²) in [7, 11) is 0. The molecule has 19 heavy (non-hydrogen) atoms. The van der Waals surface area contributed by atoms with Crippen LogP contribution in [0.15, 0.2) is 41.8 Å². The summed E-state index contributed by atoms with van der Waals surface area (Å²) in [4.78, 5) is 19.4. The molecule has 0 spiro atoms. The third-order valence-corrected chi connectivity index (χ3v) is 2.98. The van der Waals surface area contributed by atoms with Gasteiger partial charge in [0.25, 0.3) is 0 Å². The van der Waals surface area contributed by atoms with Gasteiger partial charge in [-0.25, -0.2) is 18.7 Å². The van der Waals surface area contributed by atoms with Gasteiger partial charge in [-0.3, -0.25) is 4.79 Å². The molecule has 0 aliphatic rings. The summed E-state index contributed by atoms with van der Waals surface area (Å²) in [6, 6.07) is 5.03. The fraction of sp³-hybridized carbons (Fsp3) is 0.0833. The smallest absolute Gasteiger partial charge is 0.235 e. The van der Waals surface area contributed by atoms with Gasteiger partial charge in [-0.15, -0.1) is 0 Å². The number of nitrogens with one attached hydrogen (secondary N) is 1. The minimum absolute atomic E-state index is 0.0300. The Kier molecular flexibility index (Phi) is 4.40. The number of halogens is 2. The van der Waals surface area contributed by atoms with Crippen LogP contribution in [0.25, 0.3) is 0 Å².